The van der Waals surface area contributed by atoms with Crippen molar-refractivity contribution in [3.63, 3.8) is 0 Å². The molecule has 0 amide bonds. The van der Waals surface area contributed by atoms with Crippen molar-refractivity contribution in [2.75, 3.05) is 6.61 Å². The molecule has 2 atom stereocenters. The maximum Gasteiger partial charge on any atom is 0.416 e. The zero-order valence-corrected chi connectivity index (χ0v) is 21.6. The fraction of sp³-hybridized carbons (Fsp3) is 0.560. The van der Waals surface area contributed by atoms with E-state index in [1.807, 2.05) is 19.9 Å². The molecule has 0 N–H and O–H groups in total. The molecule has 1 aliphatic rings. The van der Waals surface area contributed by atoms with Gasteiger partial charge in [0, 0.05) is 36.8 Å². The second-order valence-electron chi connectivity index (χ2n) is 10.8. The van der Waals surface area contributed by atoms with Gasteiger partial charge >= 0.3 is 6.18 Å². The first-order valence-electron chi connectivity index (χ1n) is 11.3. The number of rotatable bonds is 5. The van der Waals surface area contributed by atoms with Gasteiger partial charge in [-0.25, -0.2) is 0 Å². The number of nitrogens with zero attached hydrogens (tertiary/aromatic N) is 1. The van der Waals surface area contributed by atoms with Gasteiger partial charge in [-0.15, -0.1) is 0 Å². The van der Waals surface area contributed by atoms with Crippen LogP contribution in [0, 0.1) is 5.41 Å². The van der Waals surface area contributed by atoms with Crippen LogP contribution in [-0.4, -0.2) is 25.8 Å². The second kappa shape index (κ2) is 8.95. The lowest BCUT2D eigenvalue weighted by molar-refractivity contribution is -0.137. The molecule has 2 aromatic rings. The summed E-state index contributed by atoms with van der Waals surface area (Å²) in [6.45, 7) is 14.9. The van der Waals surface area contributed by atoms with Crippen molar-refractivity contribution in [3.05, 3.63) is 63.6 Å². The Kier molecular flexibility index (Phi) is 6.93. The van der Waals surface area contributed by atoms with Crippen molar-refractivity contribution in [2.45, 2.75) is 77.9 Å². The molecule has 2 heterocycles. The molecule has 0 radical (unpaired) electrons. The summed E-state index contributed by atoms with van der Waals surface area (Å²) < 4.78 is 53.6. The third kappa shape index (κ3) is 5.90. The van der Waals surface area contributed by atoms with Crippen LogP contribution in [0.3, 0.4) is 0 Å². The first-order chi connectivity index (χ1) is 15.1. The second-order valence-corrected chi connectivity index (χ2v) is 13.3. The summed E-state index contributed by atoms with van der Waals surface area (Å²) in [6, 6.07) is 6.44. The van der Waals surface area contributed by atoms with Crippen molar-refractivity contribution in [1.29, 1.82) is 0 Å². The van der Waals surface area contributed by atoms with Gasteiger partial charge in [0.15, 0.2) is 9.04 Å². The molecule has 182 valence electrons. The minimum absolute atomic E-state index is 0.0324. The van der Waals surface area contributed by atoms with Gasteiger partial charge in [0.1, 0.15) is 11.4 Å². The summed E-state index contributed by atoms with van der Waals surface area (Å²) in [5.41, 5.74) is -0.471. The third-order valence-electron chi connectivity index (χ3n) is 6.12. The summed E-state index contributed by atoms with van der Waals surface area (Å²) in [5.74, 6) is 0.410. The lowest BCUT2D eigenvalue weighted by Gasteiger charge is -2.39. The Morgan fingerprint density at radius 1 is 1.18 bits per heavy atom. The van der Waals surface area contributed by atoms with Gasteiger partial charge in [-0.05, 0) is 62.2 Å². The number of alkyl halides is 3. The normalized spacial score (nSPS) is 19.2. The first kappa shape index (κ1) is 25.6. The number of aromatic nitrogens is 1. The van der Waals surface area contributed by atoms with E-state index < -0.39 is 32.4 Å². The molecule has 4 nitrogen and oxygen atoms in total. The van der Waals surface area contributed by atoms with Crippen LogP contribution in [0.2, 0.25) is 13.1 Å². The Bertz CT molecular complexity index is 1050. The van der Waals surface area contributed by atoms with E-state index in [9.17, 15) is 18.0 Å². The highest BCUT2D eigenvalue weighted by atomic mass is 28.3. The van der Waals surface area contributed by atoms with Gasteiger partial charge in [-0.3, -0.25) is 4.79 Å². The van der Waals surface area contributed by atoms with Crippen molar-refractivity contribution in [2.24, 2.45) is 5.41 Å². The predicted octanol–water partition coefficient (Wildman–Crippen LogP) is 6.15. The Labute approximate surface area is 195 Å². The molecule has 1 aromatic carbocycles. The van der Waals surface area contributed by atoms with Crippen LogP contribution in [0.15, 0.2) is 41.3 Å². The van der Waals surface area contributed by atoms with Crippen LogP contribution in [0.5, 0.6) is 5.75 Å². The van der Waals surface area contributed by atoms with Gasteiger partial charge in [0.2, 0.25) is 0 Å². The molecule has 0 aliphatic carbocycles. The molecule has 0 spiro atoms. The first-order valence-corrected chi connectivity index (χ1v) is 14.1. The fourth-order valence-corrected chi connectivity index (χ4v) is 4.93. The molecule has 0 saturated heterocycles. The van der Waals surface area contributed by atoms with Gasteiger partial charge in [0.05, 0.1) is 11.6 Å². The number of halogens is 3. The van der Waals surface area contributed by atoms with Crippen molar-refractivity contribution < 1.29 is 22.3 Å². The molecular formula is C25H34F3NO3Si. The van der Waals surface area contributed by atoms with E-state index in [1.165, 1.54) is 10.6 Å². The van der Waals surface area contributed by atoms with E-state index in [1.54, 1.807) is 12.3 Å². The van der Waals surface area contributed by atoms with Gasteiger partial charge in [0.25, 0.3) is 5.56 Å². The molecule has 1 aliphatic heterocycles. The molecule has 33 heavy (non-hydrogen) atoms. The van der Waals surface area contributed by atoms with E-state index in [0.29, 0.717) is 24.3 Å². The summed E-state index contributed by atoms with van der Waals surface area (Å²) in [5, 5.41) is 0. The number of benzene rings is 1. The van der Waals surface area contributed by atoms with E-state index >= 15 is 0 Å². The van der Waals surface area contributed by atoms with Crippen LogP contribution in [0.4, 0.5) is 13.2 Å². The molecule has 0 fully saturated rings. The van der Waals surface area contributed by atoms with Crippen LogP contribution >= 0.6 is 0 Å². The minimum Gasteiger partial charge on any atom is -0.487 e. The maximum atomic E-state index is 13.4. The largest absolute Gasteiger partial charge is 0.487 e. The van der Waals surface area contributed by atoms with Crippen LogP contribution in [-0.2, 0) is 10.6 Å². The smallest absolute Gasteiger partial charge is 0.416 e. The van der Waals surface area contributed by atoms with Gasteiger partial charge in [-0.2, -0.15) is 13.2 Å². The topological polar surface area (TPSA) is 40.5 Å². The summed E-state index contributed by atoms with van der Waals surface area (Å²) >= 11 is 0. The maximum absolute atomic E-state index is 13.4. The standard InChI is InChI=1S/C25H34F3NO3Si/c1-23(2,3)19(15-31-33(6)7)16-10-11-29(22(30)12-16)20-14-24(4,5)32-21-9-8-17(13-18(20)21)25(26,27)28/h8-13,19-20,33H,14-15H2,1-7H3. The van der Waals surface area contributed by atoms with E-state index in [4.69, 9.17) is 9.16 Å². The molecule has 8 heteroatoms. The van der Waals surface area contributed by atoms with Crippen molar-refractivity contribution in [3.8, 4) is 5.75 Å². The molecule has 0 bridgehead atoms. The lowest BCUT2D eigenvalue weighted by atomic mass is 9.77. The zero-order chi connectivity index (χ0) is 24.8. The average Bonchev–Trinajstić information content (AvgIpc) is 2.64. The Morgan fingerprint density at radius 2 is 1.85 bits per heavy atom. The number of pyridine rings is 1. The Balaban J connectivity index is 2.06. The minimum atomic E-state index is -4.47. The van der Waals surface area contributed by atoms with E-state index in [-0.39, 0.29) is 16.9 Å². The average molecular weight is 482 g/mol. The van der Waals surface area contributed by atoms with Gasteiger partial charge < -0.3 is 13.7 Å². The van der Waals surface area contributed by atoms with E-state index in [0.717, 1.165) is 17.7 Å². The van der Waals surface area contributed by atoms with Crippen molar-refractivity contribution >= 4 is 9.04 Å². The van der Waals surface area contributed by atoms with Crippen molar-refractivity contribution in [1.82, 2.24) is 4.57 Å². The zero-order valence-electron chi connectivity index (χ0n) is 20.4. The molecule has 0 saturated carbocycles. The molecular weight excluding hydrogens is 447 g/mol. The summed E-state index contributed by atoms with van der Waals surface area (Å²) in [4.78, 5) is 13.3. The highest BCUT2D eigenvalue weighted by molar-refractivity contribution is 6.48. The monoisotopic (exact) mass is 481 g/mol. The fourth-order valence-electron chi connectivity index (χ4n) is 4.36. The highest BCUT2D eigenvalue weighted by Gasteiger charge is 2.38. The molecule has 3 rings (SSSR count). The third-order valence-corrected chi connectivity index (χ3v) is 6.98. The Morgan fingerprint density at radius 3 is 2.39 bits per heavy atom. The lowest BCUT2D eigenvalue weighted by Crippen LogP contribution is -2.39. The number of hydrogen-bond donors (Lipinski definition) is 0. The van der Waals surface area contributed by atoms with E-state index in [2.05, 4.69) is 33.9 Å². The number of hydrogen-bond acceptors (Lipinski definition) is 3. The van der Waals surface area contributed by atoms with Gasteiger partial charge in [-0.1, -0.05) is 20.8 Å². The molecule has 1 aromatic heterocycles. The SMILES string of the molecule is C[SiH](C)OCC(c1ccn(C2CC(C)(C)Oc3ccc(C(F)(F)F)cc32)c(=O)c1)C(C)(C)C. The number of ether oxygens (including phenoxy) is 1. The predicted molar refractivity (Wildman–Crippen MR) is 127 cm³/mol. The Hall–Kier alpha value is -2.06. The molecule has 2 unspecified atom stereocenters. The number of fused-ring (bicyclic) bond motifs is 1. The quantitative estimate of drug-likeness (QED) is 0.481. The van der Waals surface area contributed by atoms with Crippen LogP contribution < -0.4 is 10.3 Å². The summed E-state index contributed by atoms with van der Waals surface area (Å²) in [6.07, 6.45) is -2.38. The van der Waals surface area contributed by atoms with Crippen LogP contribution in [0.1, 0.15) is 69.7 Å². The highest BCUT2D eigenvalue weighted by Crippen LogP contribution is 2.44. The summed E-state index contributed by atoms with van der Waals surface area (Å²) in [7, 11) is -1.23. The van der Waals surface area contributed by atoms with Crippen LogP contribution in [0.25, 0.3) is 0 Å².